The molecule has 0 spiro atoms. The van der Waals surface area contributed by atoms with Gasteiger partial charge in [0.15, 0.2) is 0 Å². The van der Waals surface area contributed by atoms with Crippen molar-refractivity contribution in [2.24, 2.45) is 5.41 Å². The van der Waals surface area contributed by atoms with Crippen molar-refractivity contribution in [3.8, 4) is 0 Å². The van der Waals surface area contributed by atoms with E-state index in [-0.39, 0.29) is 17.6 Å². The van der Waals surface area contributed by atoms with Crippen LogP contribution in [0.15, 0.2) is 18.2 Å². The van der Waals surface area contributed by atoms with Gasteiger partial charge in [-0.1, -0.05) is 25.4 Å². The molecule has 0 fully saturated rings. The van der Waals surface area contributed by atoms with Crippen LogP contribution in [0.5, 0.6) is 0 Å². The highest BCUT2D eigenvalue weighted by Crippen LogP contribution is 2.28. The fourth-order valence-electron chi connectivity index (χ4n) is 1.91. The summed E-state index contributed by atoms with van der Waals surface area (Å²) in [5.74, 6) is -0.998. The predicted octanol–water partition coefficient (Wildman–Crippen LogP) is 3.25. The minimum Gasteiger partial charge on any atom is -0.478 e. The summed E-state index contributed by atoms with van der Waals surface area (Å²) in [6.07, 6.45) is 1.63. The minimum atomic E-state index is -0.998. The van der Waals surface area contributed by atoms with Gasteiger partial charge in [-0.05, 0) is 31.0 Å². The Hall–Kier alpha value is -1.26. The average molecular weight is 286 g/mol. The molecule has 0 atom stereocenters. The van der Waals surface area contributed by atoms with Gasteiger partial charge in [0.05, 0.1) is 17.9 Å². The molecule has 0 aliphatic rings. The first-order chi connectivity index (χ1) is 8.98. The van der Waals surface area contributed by atoms with Crippen molar-refractivity contribution in [1.29, 1.82) is 0 Å². The normalized spacial score (nSPS) is 11.4. The molecule has 1 aromatic carbocycles. The molecule has 0 aliphatic heterocycles. The molecule has 0 aromatic heterocycles. The second-order valence-electron chi connectivity index (χ2n) is 4.71. The maximum Gasteiger partial charge on any atom is 0.337 e. The average Bonchev–Trinajstić information content (AvgIpc) is 2.40. The van der Waals surface area contributed by atoms with Crippen molar-refractivity contribution in [1.82, 2.24) is 0 Å². The van der Waals surface area contributed by atoms with E-state index in [2.05, 4.69) is 5.32 Å². The third kappa shape index (κ3) is 3.85. The Bertz CT molecular complexity index is 436. The van der Waals surface area contributed by atoms with Crippen LogP contribution >= 0.6 is 11.6 Å². The van der Waals surface area contributed by atoms with E-state index in [0.29, 0.717) is 17.3 Å². The third-order valence-electron chi connectivity index (χ3n) is 3.70. The maximum absolute atomic E-state index is 11.1. The zero-order valence-corrected chi connectivity index (χ0v) is 12.0. The summed E-state index contributed by atoms with van der Waals surface area (Å²) >= 11 is 5.89. The van der Waals surface area contributed by atoms with Gasteiger partial charge >= 0.3 is 5.97 Å². The zero-order valence-electron chi connectivity index (χ0n) is 11.2. The van der Waals surface area contributed by atoms with Crippen LogP contribution < -0.4 is 5.32 Å². The highest BCUT2D eigenvalue weighted by molar-refractivity contribution is 6.31. The minimum absolute atomic E-state index is 0.0654. The number of aromatic carboxylic acids is 1. The van der Waals surface area contributed by atoms with Crippen LogP contribution in [0.3, 0.4) is 0 Å². The number of aliphatic hydroxyl groups is 1. The molecular formula is C14H20ClNO3. The summed E-state index contributed by atoms with van der Waals surface area (Å²) in [7, 11) is 0. The van der Waals surface area contributed by atoms with Gasteiger partial charge in [0.1, 0.15) is 0 Å². The van der Waals surface area contributed by atoms with Gasteiger partial charge in [-0.25, -0.2) is 4.79 Å². The van der Waals surface area contributed by atoms with Crippen molar-refractivity contribution < 1.29 is 15.0 Å². The standard InChI is InChI=1S/C14H20ClNO3/c1-3-14(4-2,9-17)8-16-12-7-10(15)5-6-11(12)13(18)19/h5-7,16-17H,3-4,8-9H2,1-2H3,(H,18,19). The Kier molecular flexibility index (Phi) is 5.63. The van der Waals surface area contributed by atoms with Crippen LogP contribution in [0.25, 0.3) is 0 Å². The van der Waals surface area contributed by atoms with Gasteiger partial charge in [-0.2, -0.15) is 0 Å². The van der Waals surface area contributed by atoms with Crippen molar-refractivity contribution in [3.05, 3.63) is 28.8 Å². The van der Waals surface area contributed by atoms with E-state index in [0.717, 1.165) is 12.8 Å². The number of benzene rings is 1. The molecule has 0 unspecified atom stereocenters. The van der Waals surface area contributed by atoms with Crippen molar-refractivity contribution in [2.75, 3.05) is 18.5 Å². The van der Waals surface area contributed by atoms with Gasteiger partial charge in [0.25, 0.3) is 0 Å². The molecule has 0 saturated heterocycles. The number of hydrogen-bond acceptors (Lipinski definition) is 3. The molecule has 4 nitrogen and oxygen atoms in total. The summed E-state index contributed by atoms with van der Waals surface area (Å²) in [6.45, 7) is 4.60. The van der Waals surface area contributed by atoms with Crippen LogP contribution in [0.1, 0.15) is 37.0 Å². The monoisotopic (exact) mass is 285 g/mol. The summed E-state index contributed by atoms with van der Waals surface area (Å²) in [4.78, 5) is 11.1. The number of hydrogen-bond donors (Lipinski definition) is 3. The molecule has 0 radical (unpaired) electrons. The van der Waals surface area contributed by atoms with Gasteiger partial charge < -0.3 is 15.5 Å². The Balaban J connectivity index is 2.93. The third-order valence-corrected chi connectivity index (χ3v) is 3.94. The fraction of sp³-hybridized carbons (Fsp3) is 0.500. The van der Waals surface area contributed by atoms with E-state index in [9.17, 15) is 9.90 Å². The molecule has 0 bridgehead atoms. The first kappa shape index (κ1) is 15.8. The van der Waals surface area contributed by atoms with Crippen LogP contribution in [0.2, 0.25) is 5.02 Å². The van der Waals surface area contributed by atoms with E-state index >= 15 is 0 Å². The quantitative estimate of drug-likeness (QED) is 0.719. The van der Waals surface area contributed by atoms with Gasteiger partial charge in [0, 0.05) is 17.0 Å². The van der Waals surface area contributed by atoms with Crippen LogP contribution in [-0.4, -0.2) is 29.3 Å². The molecule has 5 heteroatoms. The number of carboxylic acids is 1. The number of aliphatic hydroxyl groups excluding tert-OH is 1. The molecule has 3 N–H and O–H groups in total. The first-order valence-electron chi connectivity index (χ1n) is 6.35. The Labute approximate surface area is 118 Å². The molecule has 0 heterocycles. The summed E-state index contributed by atoms with van der Waals surface area (Å²) in [5, 5.41) is 22.2. The molecule has 106 valence electrons. The van der Waals surface area contributed by atoms with Crippen molar-refractivity contribution in [2.45, 2.75) is 26.7 Å². The number of carbonyl (C=O) groups is 1. The largest absolute Gasteiger partial charge is 0.478 e. The smallest absolute Gasteiger partial charge is 0.337 e. The molecule has 0 amide bonds. The maximum atomic E-state index is 11.1. The van der Waals surface area contributed by atoms with Crippen LogP contribution in [-0.2, 0) is 0 Å². The van der Waals surface area contributed by atoms with E-state index in [1.165, 1.54) is 6.07 Å². The Morgan fingerprint density at radius 3 is 2.47 bits per heavy atom. The molecule has 0 saturated carbocycles. The summed E-state index contributed by atoms with van der Waals surface area (Å²) in [5.41, 5.74) is 0.432. The molecular weight excluding hydrogens is 266 g/mol. The molecule has 1 rings (SSSR count). The molecule has 0 aliphatic carbocycles. The number of carboxylic acid groups (broad SMARTS) is 1. The summed E-state index contributed by atoms with van der Waals surface area (Å²) in [6, 6.07) is 4.62. The lowest BCUT2D eigenvalue weighted by molar-refractivity contribution is 0.0698. The van der Waals surface area contributed by atoms with Crippen LogP contribution in [0, 0.1) is 5.41 Å². The Morgan fingerprint density at radius 2 is 2.00 bits per heavy atom. The van der Waals surface area contributed by atoms with Crippen molar-refractivity contribution >= 4 is 23.3 Å². The predicted molar refractivity (Wildman–Crippen MR) is 77.0 cm³/mol. The molecule has 19 heavy (non-hydrogen) atoms. The second kappa shape index (κ2) is 6.78. The Morgan fingerprint density at radius 1 is 1.37 bits per heavy atom. The van der Waals surface area contributed by atoms with Gasteiger partial charge in [0.2, 0.25) is 0 Å². The lowest BCUT2D eigenvalue weighted by Gasteiger charge is -2.30. The van der Waals surface area contributed by atoms with Gasteiger partial charge in [-0.3, -0.25) is 0 Å². The van der Waals surface area contributed by atoms with E-state index < -0.39 is 5.97 Å². The lowest BCUT2D eigenvalue weighted by atomic mass is 9.83. The molecule has 1 aromatic rings. The highest BCUT2D eigenvalue weighted by Gasteiger charge is 2.25. The topological polar surface area (TPSA) is 69.6 Å². The van der Waals surface area contributed by atoms with E-state index in [1.807, 2.05) is 13.8 Å². The van der Waals surface area contributed by atoms with Crippen LogP contribution in [0.4, 0.5) is 5.69 Å². The first-order valence-corrected chi connectivity index (χ1v) is 6.73. The van der Waals surface area contributed by atoms with Crippen molar-refractivity contribution in [3.63, 3.8) is 0 Å². The number of rotatable bonds is 7. The zero-order chi connectivity index (χ0) is 14.5. The number of nitrogens with one attached hydrogen (secondary N) is 1. The highest BCUT2D eigenvalue weighted by atomic mass is 35.5. The second-order valence-corrected chi connectivity index (χ2v) is 5.15. The summed E-state index contributed by atoms with van der Waals surface area (Å²) < 4.78 is 0. The van der Waals surface area contributed by atoms with E-state index in [4.69, 9.17) is 16.7 Å². The SMILES string of the molecule is CCC(CC)(CO)CNc1cc(Cl)ccc1C(=O)O. The van der Waals surface area contributed by atoms with E-state index in [1.54, 1.807) is 12.1 Å². The number of halogens is 1. The fourth-order valence-corrected chi connectivity index (χ4v) is 2.08. The number of anilines is 1. The lowest BCUT2D eigenvalue weighted by Crippen LogP contribution is -2.32. The van der Waals surface area contributed by atoms with Gasteiger partial charge in [-0.15, -0.1) is 0 Å².